The minimum absolute atomic E-state index is 0.708. The summed E-state index contributed by atoms with van der Waals surface area (Å²) in [6.07, 6.45) is 3.62. The van der Waals surface area contributed by atoms with Gasteiger partial charge in [0.2, 0.25) is 0 Å². The highest BCUT2D eigenvalue weighted by Crippen LogP contribution is 2.28. The van der Waals surface area contributed by atoms with Crippen LogP contribution in [0.15, 0.2) is 36.7 Å². The van der Waals surface area contributed by atoms with Crippen LogP contribution in [0.4, 0.5) is 5.82 Å². The van der Waals surface area contributed by atoms with Crippen LogP contribution in [0.1, 0.15) is 0 Å². The maximum Gasteiger partial charge on any atom is 0.139 e. The quantitative estimate of drug-likeness (QED) is 0.786. The Bertz CT molecular complexity index is 819. The number of anilines is 1. The van der Waals surface area contributed by atoms with Crippen molar-refractivity contribution >= 4 is 28.5 Å². The van der Waals surface area contributed by atoms with Gasteiger partial charge in [-0.15, -0.1) is 0 Å². The van der Waals surface area contributed by atoms with E-state index in [1.54, 1.807) is 12.3 Å². The highest BCUT2D eigenvalue weighted by molar-refractivity contribution is 6.35. The van der Waals surface area contributed by atoms with Crippen LogP contribution in [-0.2, 0) is 0 Å². The third-order valence-corrected chi connectivity index (χ3v) is 4.69. The molecule has 0 saturated carbocycles. The second-order valence-electron chi connectivity index (χ2n) is 5.93. The number of aromatic amines is 1. The number of hydrogen-bond donors (Lipinski definition) is 1. The molecule has 6 heteroatoms. The molecule has 4 rings (SSSR count). The number of H-pyrrole nitrogens is 1. The van der Waals surface area contributed by atoms with Crippen LogP contribution in [0.3, 0.4) is 0 Å². The minimum atomic E-state index is 0.708. The Morgan fingerprint density at radius 3 is 2.61 bits per heavy atom. The van der Waals surface area contributed by atoms with Crippen LogP contribution < -0.4 is 4.90 Å². The predicted molar refractivity (Wildman–Crippen MR) is 94.0 cm³/mol. The molecular formula is C17H18ClN5. The van der Waals surface area contributed by atoms with Crippen molar-refractivity contribution in [3.63, 3.8) is 0 Å². The van der Waals surface area contributed by atoms with Gasteiger partial charge in [-0.3, -0.25) is 0 Å². The van der Waals surface area contributed by atoms with Crippen LogP contribution in [0, 0.1) is 0 Å². The third-order valence-electron chi connectivity index (χ3n) is 4.36. The summed E-state index contributed by atoms with van der Waals surface area (Å²) >= 11 is 6.21. The summed E-state index contributed by atoms with van der Waals surface area (Å²) in [6.45, 7) is 4.20. The molecule has 0 radical (unpaired) electrons. The molecule has 118 valence electrons. The number of nitrogens with one attached hydrogen (secondary N) is 1. The Morgan fingerprint density at radius 1 is 1.09 bits per heavy atom. The first-order chi connectivity index (χ1) is 11.2. The number of fused-ring (bicyclic) bond motifs is 1. The van der Waals surface area contributed by atoms with E-state index in [9.17, 15) is 0 Å². The largest absolute Gasteiger partial charge is 0.354 e. The minimum Gasteiger partial charge on any atom is -0.354 e. The number of hydrogen-bond acceptors (Lipinski definition) is 4. The van der Waals surface area contributed by atoms with E-state index in [0.29, 0.717) is 5.02 Å². The fraction of sp³-hybridized carbons (Fsp3) is 0.294. The molecule has 1 fully saturated rings. The monoisotopic (exact) mass is 327 g/mol. The van der Waals surface area contributed by atoms with Gasteiger partial charge in [0.15, 0.2) is 0 Å². The lowest BCUT2D eigenvalue weighted by molar-refractivity contribution is 0.312. The molecule has 3 aromatic heterocycles. The molecule has 0 aromatic carbocycles. The Labute approximate surface area is 139 Å². The lowest BCUT2D eigenvalue weighted by atomic mass is 10.2. The molecule has 0 atom stereocenters. The van der Waals surface area contributed by atoms with E-state index in [1.807, 2.05) is 12.3 Å². The van der Waals surface area contributed by atoms with Gasteiger partial charge in [0.05, 0.1) is 5.02 Å². The Balaban J connectivity index is 1.61. The van der Waals surface area contributed by atoms with Gasteiger partial charge in [-0.2, -0.15) is 0 Å². The van der Waals surface area contributed by atoms with E-state index >= 15 is 0 Å². The molecule has 0 bridgehead atoms. The summed E-state index contributed by atoms with van der Waals surface area (Å²) < 4.78 is 0. The topological polar surface area (TPSA) is 48.0 Å². The number of rotatable bonds is 2. The SMILES string of the molecule is CN1CCN(c2ccc(-c3cc4c(Cl)ccnc4[nH]3)cn2)CC1. The number of likely N-dealkylation sites (N-methyl/N-ethyl adjacent to an activating group) is 1. The van der Waals surface area contributed by atoms with Crippen molar-refractivity contribution in [1.29, 1.82) is 0 Å². The smallest absolute Gasteiger partial charge is 0.139 e. The first-order valence-corrected chi connectivity index (χ1v) is 8.12. The molecule has 0 aliphatic carbocycles. The van der Waals surface area contributed by atoms with E-state index in [4.69, 9.17) is 11.6 Å². The van der Waals surface area contributed by atoms with Crippen LogP contribution >= 0.6 is 11.6 Å². The number of aromatic nitrogens is 3. The standard InChI is InChI=1S/C17H18ClN5/c1-22-6-8-23(9-7-22)16-3-2-12(11-20-16)15-10-13-14(18)4-5-19-17(13)21-15/h2-5,10-11H,6-9H2,1H3,(H,19,21). The lowest BCUT2D eigenvalue weighted by Gasteiger charge is -2.33. The van der Waals surface area contributed by atoms with Gasteiger partial charge in [-0.1, -0.05) is 11.6 Å². The summed E-state index contributed by atoms with van der Waals surface area (Å²) in [7, 11) is 2.16. The zero-order valence-corrected chi connectivity index (χ0v) is 13.7. The van der Waals surface area contributed by atoms with Crippen molar-refractivity contribution in [2.24, 2.45) is 0 Å². The van der Waals surface area contributed by atoms with Gasteiger partial charge in [0.25, 0.3) is 0 Å². The second kappa shape index (κ2) is 5.83. The maximum absolute atomic E-state index is 6.21. The van der Waals surface area contributed by atoms with E-state index in [1.165, 1.54) is 0 Å². The van der Waals surface area contributed by atoms with E-state index in [2.05, 4.69) is 43.9 Å². The van der Waals surface area contributed by atoms with Crippen molar-refractivity contribution in [2.45, 2.75) is 0 Å². The highest BCUT2D eigenvalue weighted by atomic mass is 35.5. The van der Waals surface area contributed by atoms with Gasteiger partial charge >= 0.3 is 0 Å². The fourth-order valence-corrected chi connectivity index (χ4v) is 3.12. The van der Waals surface area contributed by atoms with Crippen molar-refractivity contribution in [3.05, 3.63) is 41.7 Å². The molecule has 0 amide bonds. The molecule has 1 saturated heterocycles. The van der Waals surface area contributed by atoms with Crippen molar-refractivity contribution in [2.75, 3.05) is 38.1 Å². The van der Waals surface area contributed by atoms with Crippen LogP contribution in [0.5, 0.6) is 0 Å². The van der Waals surface area contributed by atoms with Crippen LogP contribution in [0.2, 0.25) is 5.02 Å². The molecule has 3 aromatic rings. The summed E-state index contributed by atoms with van der Waals surface area (Å²) in [4.78, 5) is 16.9. The molecule has 0 unspecified atom stereocenters. The van der Waals surface area contributed by atoms with Crippen LogP contribution in [0.25, 0.3) is 22.3 Å². The normalized spacial score (nSPS) is 16.2. The molecule has 1 aliphatic heterocycles. The van der Waals surface area contributed by atoms with Gasteiger partial charge in [-0.05, 0) is 31.3 Å². The van der Waals surface area contributed by atoms with E-state index < -0.39 is 0 Å². The Kier molecular flexibility index (Phi) is 3.67. The maximum atomic E-state index is 6.21. The predicted octanol–water partition coefficient (Wildman–Crippen LogP) is 3.03. The summed E-state index contributed by atoms with van der Waals surface area (Å²) in [5, 5.41) is 1.65. The molecule has 1 aliphatic rings. The number of pyridine rings is 2. The zero-order chi connectivity index (χ0) is 15.8. The van der Waals surface area contributed by atoms with Gasteiger partial charge in [-0.25, -0.2) is 9.97 Å². The summed E-state index contributed by atoms with van der Waals surface area (Å²) in [5.41, 5.74) is 2.82. The average molecular weight is 328 g/mol. The zero-order valence-electron chi connectivity index (χ0n) is 13.0. The average Bonchev–Trinajstić information content (AvgIpc) is 3.01. The molecule has 4 heterocycles. The number of nitrogens with zero attached hydrogens (tertiary/aromatic N) is 4. The fourth-order valence-electron chi connectivity index (χ4n) is 2.92. The lowest BCUT2D eigenvalue weighted by Crippen LogP contribution is -2.44. The van der Waals surface area contributed by atoms with Crippen molar-refractivity contribution < 1.29 is 0 Å². The van der Waals surface area contributed by atoms with Crippen molar-refractivity contribution in [3.8, 4) is 11.3 Å². The van der Waals surface area contributed by atoms with E-state index in [-0.39, 0.29) is 0 Å². The molecule has 0 spiro atoms. The first-order valence-electron chi connectivity index (χ1n) is 7.74. The number of halogens is 1. The summed E-state index contributed by atoms with van der Waals surface area (Å²) in [6, 6.07) is 8.01. The third kappa shape index (κ3) is 2.78. The van der Waals surface area contributed by atoms with Gasteiger partial charge < -0.3 is 14.8 Å². The number of piperazine rings is 1. The molecule has 5 nitrogen and oxygen atoms in total. The second-order valence-corrected chi connectivity index (χ2v) is 6.34. The first kappa shape index (κ1) is 14.5. The highest BCUT2D eigenvalue weighted by Gasteiger charge is 2.15. The van der Waals surface area contributed by atoms with Crippen molar-refractivity contribution in [1.82, 2.24) is 19.9 Å². The summed E-state index contributed by atoms with van der Waals surface area (Å²) in [5.74, 6) is 1.04. The van der Waals surface area contributed by atoms with Gasteiger partial charge in [0.1, 0.15) is 11.5 Å². The molecule has 23 heavy (non-hydrogen) atoms. The molecular weight excluding hydrogens is 310 g/mol. The van der Waals surface area contributed by atoms with Crippen LogP contribution in [-0.4, -0.2) is 53.1 Å². The Morgan fingerprint density at radius 2 is 1.91 bits per heavy atom. The molecule has 1 N–H and O–H groups in total. The van der Waals surface area contributed by atoms with Gasteiger partial charge in [0, 0.05) is 55.2 Å². The van der Waals surface area contributed by atoms with E-state index in [0.717, 1.165) is 54.3 Å². The Hall–Kier alpha value is -2.11.